The fraction of sp³-hybridized carbons (Fsp3) is 0.353. The molecular weight excluding hydrogens is 353 g/mol. The van der Waals surface area contributed by atoms with Crippen LogP contribution in [0.25, 0.3) is 0 Å². The Hall–Kier alpha value is -2.84. The predicted octanol–water partition coefficient (Wildman–Crippen LogP) is 3.54. The van der Waals surface area contributed by atoms with Crippen molar-refractivity contribution in [3.8, 4) is 0 Å². The van der Waals surface area contributed by atoms with Gasteiger partial charge in [0.2, 0.25) is 5.76 Å². The Morgan fingerprint density at radius 2 is 1.85 bits per heavy atom. The van der Waals surface area contributed by atoms with Crippen molar-refractivity contribution in [1.82, 2.24) is 10.1 Å². The van der Waals surface area contributed by atoms with Gasteiger partial charge in [-0.3, -0.25) is 9.59 Å². The lowest BCUT2D eigenvalue weighted by Gasteiger charge is -2.19. The number of hydrogen-bond acceptors (Lipinski definition) is 4. The lowest BCUT2D eigenvalue weighted by atomic mass is 10.1. The number of aromatic nitrogens is 1. The normalized spacial score (nSPS) is 11.6. The minimum atomic E-state index is -4.47. The molecule has 1 aromatic heterocycles. The van der Waals surface area contributed by atoms with E-state index in [1.54, 1.807) is 0 Å². The van der Waals surface area contributed by atoms with Gasteiger partial charge < -0.3 is 14.5 Å². The molecule has 1 heterocycles. The van der Waals surface area contributed by atoms with Crippen molar-refractivity contribution in [2.45, 2.75) is 32.5 Å². The maximum Gasteiger partial charge on any atom is 0.416 e. The van der Waals surface area contributed by atoms with E-state index in [9.17, 15) is 22.8 Å². The van der Waals surface area contributed by atoms with Crippen molar-refractivity contribution in [2.24, 2.45) is 0 Å². The summed E-state index contributed by atoms with van der Waals surface area (Å²) in [7, 11) is 0. The van der Waals surface area contributed by atoms with Crippen LogP contribution in [0.5, 0.6) is 0 Å². The van der Waals surface area contributed by atoms with Gasteiger partial charge in [-0.1, -0.05) is 31.1 Å². The summed E-state index contributed by atoms with van der Waals surface area (Å²) in [4.78, 5) is 24.5. The molecule has 26 heavy (non-hydrogen) atoms. The van der Waals surface area contributed by atoms with Crippen LogP contribution in [0.15, 0.2) is 34.9 Å². The van der Waals surface area contributed by atoms with E-state index in [1.165, 1.54) is 18.2 Å². The summed E-state index contributed by atoms with van der Waals surface area (Å²) in [6.07, 6.45) is -4.47. The molecule has 0 atom stereocenters. The molecule has 0 saturated heterocycles. The number of nitrogens with zero attached hydrogens (tertiary/aromatic N) is 2. The van der Waals surface area contributed by atoms with Gasteiger partial charge in [0.15, 0.2) is 0 Å². The second kappa shape index (κ2) is 7.59. The first-order chi connectivity index (χ1) is 12.1. The van der Waals surface area contributed by atoms with Crippen LogP contribution in [0.1, 0.15) is 47.1 Å². The van der Waals surface area contributed by atoms with E-state index in [2.05, 4.69) is 5.16 Å². The van der Waals surface area contributed by atoms with Crippen LogP contribution >= 0.6 is 0 Å². The summed E-state index contributed by atoms with van der Waals surface area (Å²) in [5.41, 5.74) is 0.0727. The summed E-state index contributed by atoms with van der Waals surface area (Å²) in [6, 6.07) is 5.58. The maximum atomic E-state index is 12.6. The predicted molar refractivity (Wildman–Crippen MR) is 84.4 cm³/mol. The Kier molecular flexibility index (Phi) is 5.69. The van der Waals surface area contributed by atoms with E-state index in [0.717, 1.165) is 17.0 Å². The topological polar surface area (TPSA) is 83.6 Å². The SMILES string of the molecule is CC(C)c1cc(C(=O)N(CC(=O)O)Cc2ccc(C(F)(F)F)cc2)on1. The molecule has 0 radical (unpaired) electrons. The number of aliphatic carboxylic acids is 1. The maximum absolute atomic E-state index is 12.6. The van der Waals surface area contributed by atoms with Crippen LogP contribution in [0.3, 0.4) is 0 Å². The Morgan fingerprint density at radius 3 is 2.31 bits per heavy atom. The second-order valence-corrected chi connectivity index (χ2v) is 6.02. The molecule has 1 amide bonds. The average molecular weight is 370 g/mol. The molecule has 6 nitrogen and oxygen atoms in total. The van der Waals surface area contributed by atoms with E-state index in [0.29, 0.717) is 11.3 Å². The molecule has 140 valence electrons. The van der Waals surface area contributed by atoms with Gasteiger partial charge in [-0.2, -0.15) is 13.2 Å². The van der Waals surface area contributed by atoms with Crippen LogP contribution in [-0.4, -0.2) is 33.6 Å². The Labute approximate surface area is 147 Å². The van der Waals surface area contributed by atoms with Gasteiger partial charge in [-0.05, 0) is 23.6 Å². The van der Waals surface area contributed by atoms with Crippen LogP contribution in [0.4, 0.5) is 13.2 Å². The number of carboxylic acids is 1. The zero-order valence-corrected chi connectivity index (χ0v) is 14.1. The second-order valence-electron chi connectivity index (χ2n) is 6.02. The van der Waals surface area contributed by atoms with E-state index < -0.39 is 30.2 Å². The Bertz CT molecular complexity index is 782. The van der Waals surface area contributed by atoms with Gasteiger partial charge >= 0.3 is 12.1 Å². The molecule has 0 aliphatic carbocycles. The molecule has 1 aromatic carbocycles. The molecule has 0 bridgehead atoms. The van der Waals surface area contributed by atoms with Crippen molar-refractivity contribution in [3.05, 3.63) is 52.9 Å². The van der Waals surface area contributed by atoms with Gasteiger partial charge in [0.25, 0.3) is 5.91 Å². The molecule has 2 rings (SSSR count). The molecule has 0 fully saturated rings. The summed E-state index contributed by atoms with van der Waals surface area (Å²) in [6.45, 7) is 2.89. The third kappa shape index (κ3) is 4.84. The van der Waals surface area contributed by atoms with Gasteiger partial charge in [0, 0.05) is 12.6 Å². The third-order valence-corrected chi connectivity index (χ3v) is 3.60. The molecule has 0 spiro atoms. The number of carboxylic acid groups (broad SMARTS) is 1. The minimum absolute atomic E-state index is 0.0168. The number of benzene rings is 1. The number of hydrogen-bond donors (Lipinski definition) is 1. The zero-order valence-electron chi connectivity index (χ0n) is 14.1. The van der Waals surface area contributed by atoms with Gasteiger partial charge in [-0.15, -0.1) is 0 Å². The number of rotatable bonds is 6. The van der Waals surface area contributed by atoms with Crippen molar-refractivity contribution < 1.29 is 32.4 Å². The number of alkyl halides is 3. The van der Waals surface area contributed by atoms with Gasteiger partial charge in [0.1, 0.15) is 6.54 Å². The highest BCUT2D eigenvalue weighted by molar-refractivity contribution is 5.93. The molecule has 1 N–H and O–H groups in total. The quantitative estimate of drug-likeness (QED) is 0.841. The molecule has 9 heteroatoms. The molecule has 0 unspecified atom stereocenters. The highest BCUT2D eigenvalue weighted by Crippen LogP contribution is 2.29. The number of carbonyl (C=O) groups is 2. The zero-order chi connectivity index (χ0) is 19.5. The molecule has 0 aliphatic rings. The summed E-state index contributed by atoms with van der Waals surface area (Å²) in [5.74, 6) is -2.06. The molecule has 0 aliphatic heterocycles. The van der Waals surface area contributed by atoms with E-state index in [1.807, 2.05) is 13.8 Å². The van der Waals surface area contributed by atoms with Crippen LogP contribution < -0.4 is 0 Å². The fourth-order valence-corrected chi connectivity index (χ4v) is 2.20. The van der Waals surface area contributed by atoms with E-state index in [-0.39, 0.29) is 18.2 Å². The lowest BCUT2D eigenvalue weighted by molar-refractivity contribution is -0.138. The summed E-state index contributed by atoms with van der Waals surface area (Å²) >= 11 is 0. The molecular formula is C17H17F3N2O4. The van der Waals surface area contributed by atoms with Crippen LogP contribution in [0, 0.1) is 0 Å². The smallest absolute Gasteiger partial charge is 0.416 e. The van der Waals surface area contributed by atoms with Crippen LogP contribution in [0.2, 0.25) is 0 Å². The first-order valence-electron chi connectivity index (χ1n) is 7.71. The minimum Gasteiger partial charge on any atom is -0.480 e. The molecule has 2 aromatic rings. The molecule has 0 saturated carbocycles. The Balaban J connectivity index is 2.21. The van der Waals surface area contributed by atoms with E-state index in [4.69, 9.17) is 9.63 Å². The van der Waals surface area contributed by atoms with Crippen molar-refractivity contribution >= 4 is 11.9 Å². The van der Waals surface area contributed by atoms with Crippen molar-refractivity contribution in [3.63, 3.8) is 0 Å². The Morgan fingerprint density at radius 1 is 1.23 bits per heavy atom. The third-order valence-electron chi connectivity index (χ3n) is 3.60. The van der Waals surface area contributed by atoms with Gasteiger partial charge in [-0.25, -0.2) is 0 Å². The highest BCUT2D eigenvalue weighted by atomic mass is 19.4. The van der Waals surface area contributed by atoms with Crippen molar-refractivity contribution in [1.29, 1.82) is 0 Å². The fourth-order valence-electron chi connectivity index (χ4n) is 2.20. The van der Waals surface area contributed by atoms with Gasteiger partial charge in [0.05, 0.1) is 11.3 Å². The van der Waals surface area contributed by atoms with Crippen LogP contribution in [-0.2, 0) is 17.5 Å². The summed E-state index contributed by atoms with van der Waals surface area (Å²) in [5, 5.41) is 12.8. The summed E-state index contributed by atoms with van der Waals surface area (Å²) < 4.78 is 42.8. The number of amides is 1. The highest BCUT2D eigenvalue weighted by Gasteiger charge is 2.30. The van der Waals surface area contributed by atoms with E-state index >= 15 is 0 Å². The van der Waals surface area contributed by atoms with Crippen molar-refractivity contribution in [2.75, 3.05) is 6.54 Å². The lowest BCUT2D eigenvalue weighted by Crippen LogP contribution is -2.35. The number of halogens is 3. The largest absolute Gasteiger partial charge is 0.480 e. The monoisotopic (exact) mass is 370 g/mol. The average Bonchev–Trinajstić information content (AvgIpc) is 3.03. The standard InChI is InChI=1S/C17H17F3N2O4/c1-10(2)13-7-14(26-21-13)16(25)22(9-15(23)24)8-11-3-5-12(6-4-11)17(18,19)20/h3-7,10H,8-9H2,1-2H3,(H,23,24). The first kappa shape index (κ1) is 19.5. The number of carbonyl (C=O) groups excluding carboxylic acids is 1. The first-order valence-corrected chi connectivity index (χ1v) is 7.71.